The zero-order chi connectivity index (χ0) is 23.4. The van der Waals surface area contributed by atoms with Crippen molar-refractivity contribution >= 4 is 51.4 Å². The highest BCUT2D eigenvalue weighted by atomic mass is 35.5. The Balaban J connectivity index is 1.65. The van der Waals surface area contributed by atoms with Gasteiger partial charge in [0.05, 0.1) is 10.5 Å². The third-order valence-electron chi connectivity index (χ3n) is 4.72. The molecule has 4 aromatic rings. The molecule has 0 aliphatic carbocycles. The predicted octanol–water partition coefficient (Wildman–Crippen LogP) is 6.26. The van der Waals surface area contributed by atoms with Crippen molar-refractivity contribution < 1.29 is 19.2 Å². The molecule has 33 heavy (non-hydrogen) atoms. The molecule has 0 saturated heterocycles. The van der Waals surface area contributed by atoms with Gasteiger partial charge in [-0.05, 0) is 47.2 Å². The number of nitrogens with one attached hydrogen (secondary N) is 2. The van der Waals surface area contributed by atoms with Gasteiger partial charge in [0.2, 0.25) is 0 Å². The number of halogens is 1. The summed E-state index contributed by atoms with van der Waals surface area (Å²) in [6, 6.07) is 23.1. The van der Waals surface area contributed by atoms with E-state index in [1.807, 2.05) is 30.3 Å². The molecule has 0 spiro atoms. The molecule has 4 rings (SSSR count). The minimum Gasteiger partial charge on any atom is -0.409 e. The van der Waals surface area contributed by atoms with Crippen molar-refractivity contribution in [3.8, 4) is 5.75 Å². The first kappa shape index (κ1) is 21.8. The third-order valence-corrected chi connectivity index (χ3v) is 4.96. The minimum atomic E-state index is -0.996. The van der Waals surface area contributed by atoms with Crippen LogP contribution >= 0.6 is 11.6 Å². The second-order valence-corrected chi connectivity index (χ2v) is 7.39. The van der Waals surface area contributed by atoms with Crippen molar-refractivity contribution in [1.29, 1.82) is 0 Å². The number of ether oxygens (including phenoxy) is 1. The predicted molar refractivity (Wildman–Crippen MR) is 126 cm³/mol. The molecule has 0 aromatic heterocycles. The summed E-state index contributed by atoms with van der Waals surface area (Å²) in [5, 5.41) is 18.0. The van der Waals surface area contributed by atoms with Crippen LogP contribution in [0, 0.1) is 10.1 Å². The number of carbonyl (C=O) groups excluding carboxylic acids is 2. The Bertz CT molecular complexity index is 1380. The van der Waals surface area contributed by atoms with Gasteiger partial charge in [-0.3, -0.25) is 20.2 Å². The second kappa shape index (κ2) is 9.37. The molecule has 4 aromatic carbocycles. The summed E-state index contributed by atoms with van der Waals surface area (Å²) < 4.78 is 5.41. The van der Waals surface area contributed by atoms with E-state index in [2.05, 4.69) is 10.6 Å². The Morgan fingerprint density at radius 3 is 2.21 bits per heavy atom. The van der Waals surface area contributed by atoms with Crippen molar-refractivity contribution in [2.24, 2.45) is 0 Å². The topological polar surface area (TPSA) is 111 Å². The SMILES string of the molecule is O=C(Nc1ccc(Cl)cc1[N+](=O)[O-])Oc1cc2ccccc2cc1C(=O)Nc1ccccc1. The number of nitrogens with zero attached hydrogens (tertiary/aromatic N) is 1. The quantitative estimate of drug-likeness (QED) is 0.269. The lowest BCUT2D eigenvalue weighted by atomic mass is 10.1. The van der Waals surface area contributed by atoms with E-state index in [1.165, 1.54) is 12.1 Å². The number of hydrogen-bond acceptors (Lipinski definition) is 5. The second-order valence-electron chi connectivity index (χ2n) is 6.95. The monoisotopic (exact) mass is 461 g/mol. The Kier molecular flexibility index (Phi) is 6.19. The molecule has 0 radical (unpaired) electrons. The Labute approximate surface area is 192 Å². The molecule has 164 valence electrons. The fourth-order valence-electron chi connectivity index (χ4n) is 3.20. The van der Waals surface area contributed by atoms with E-state index in [-0.39, 0.29) is 27.7 Å². The molecule has 2 N–H and O–H groups in total. The fourth-order valence-corrected chi connectivity index (χ4v) is 3.36. The van der Waals surface area contributed by atoms with Crippen LogP contribution in [0.4, 0.5) is 21.9 Å². The van der Waals surface area contributed by atoms with Crippen LogP contribution in [-0.2, 0) is 0 Å². The molecular weight excluding hydrogens is 446 g/mol. The zero-order valence-corrected chi connectivity index (χ0v) is 17.7. The van der Waals surface area contributed by atoms with Gasteiger partial charge in [0.25, 0.3) is 11.6 Å². The third kappa shape index (κ3) is 5.08. The van der Waals surface area contributed by atoms with Crippen molar-refractivity contribution in [3.05, 3.63) is 106 Å². The maximum Gasteiger partial charge on any atom is 0.417 e. The lowest BCUT2D eigenvalue weighted by molar-refractivity contribution is -0.383. The number of hydrogen-bond donors (Lipinski definition) is 2. The van der Waals surface area contributed by atoms with Gasteiger partial charge in [-0.1, -0.05) is 54.1 Å². The van der Waals surface area contributed by atoms with Crippen molar-refractivity contribution in [2.45, 2.75) is 0 Å². The first-order valence-electron chi connectivity index (χ1n) is 9.73. The van der Waals surface area contributed by atoms with E-state index < -0.39 is 16.9 Å². The van der Waals surface area contributed by atoms with Crippen LogP contribution in [0.2, 0.25) is 5.02 Å². The average molecular weight is 462 g/mol. The molecule has 0 aliphatic heterocycles. The van der Waals surface area contributed by atoms with E-state index in [4.69, 9.17) is 16.3 Å². The average Bonchev–Trinajstić information content (AvgIpc) is 2.80. The van der Waals surface area contributed by atoms with Gasteiger partial charge >= 0.3 is 6.09 Å². The molecular formula is C24H16ClN3O5. The van der Waals surface area contributed by atoms with Crippen molar-refractivity contribution in [3.63, 3.8) is 0 Å². The van der Waals surface area contributed by atoms with Crippen LogP contribution in [0.1, 0.15) is 10.4 Å². The van der Waals surface area contributed by atoms with E-state index >= 15 is 0 Å². The van der Waals surface area contributed by atoms with Gasteiger partial charge in [-0.2, -0.15) is 0 Å². The maximum atomic E-state index is 13.0. The summed E-state index contributed by atoms with van der Waals surface area (Å²) >= 11 is 5.81. The standard InChI is InChI=1S/C24H16ClN3O5/c25-17-10-11-20(21(14-17)28(31)32)27-24(30)33-22-13-16-7-5-4-6-15(16)12-19(22)23(29)26-18-8-2-1-3-9-18/h1-14H,(H,26,29)(H,27,30). The van der Waals surface area contributed by atoms with Gasteiger partial charge in [-0.15, -0.1) is 0 Å². The fraction of sp³-hybridized carbons (Fsp3) is 0. The summed E-state index contributed by atoms with van der Waals surface area (Å²) in [5.74, 6) is -0.483. The van der Waals surface area contributed by atoms with Gasteiger partial charge in [0.15, 0.2) is 0 Å². The molecule has 9 heteroatoms. The molecule has 0 saturated carbocycles. The minimum absolute atomic E-state index is 0.00347. The highest BCUT2D eigenvalue weighted by Crippen LogP contribution is 2.30. The normalized spacial score (nSPS) is 10.5. The van der Waals surface area contributed by atoms with Crippen molar-refractivity contribution in [1.82, 2.24) is 0 Å². The molecule has 0 heterocycles. The van der Waals surface area contributed by atoms with Crippen LogP contribution in [0.25, 0.3) is 10.8 Å². The number of para-hydroxylation sites is 1. The van der Waals surface area contributed by atoms with E-state index in [1.54, 1.807) is 36.4 Å². The number of nitro groups is 1. The smallest absolute Gasteiger partial charge is 0.409 e. The van der Waals surface area contributed by atoms with Gasteiger partial charge in [-0.25, -0.2) is 4.79 Å². The van der Waals surface area contributed by atoms with Crippen LogP contribution in [0.15, 0.2) is 84.9 Å². The molecule has 0 atom stereocenters. The summed E-state index contributed by atoms with van der Waals surface area (Å²) in [7, 11) is 0. The van der Waals surface area contributed by atoms with Gasteiger partial charge < -0.3 is 10.1 Å². The zero-order valence-electron chi connectivity index (χ0n) is 16.9. The molecule has 0 aliphatic rings. The number of anilines is 2. The number of benzene rings is 4. The summed E-state index contributed by atoms with van der Waals surface area (Å²) in [6.45, 7) is 0. The number of amides is 2. The summed E-state index contributed by atoms with van der Waals surface area (Å²) in [5.41, 5.74) is 0.214. The summed E-state index contributed by atoms with van der Waals surface area (Å²) in [6.07, 6.45) is -0.996. The number of nitro benzene ring substituents is 1. The first-order chi connectivity index (χ1) is 15.9. The Hall–Kier alpha value is -4.43. The largest absolute Gasteiger partial charge is 0.417 e. The van der Waals surface area contributed by atoms with Gasteiger partial charge in [0.1, 0.15) is 11.4 Å². The van der Waals surface area contributed by atoms with Crippen molar-refractivity contribution in [2.75, 3.05) is 10.6 Å². The molecule has 0 bridgehead atoms. The Morgan fingerprint density at radius 1 is 0.848 bits per heavy atom. The molecule has 0 unspecified atom stereocenters. The van der Waals surface area contributed by atoms with E-state index in [0.29, 0.717) is 5.69 Å². The number of fused-ring (bicyclic) bond motifs is 1. The number of rotatable bonds is 5. The van der Waals surface area contributed by atoms with Crippen LogP contribution in [0.3, 0.4) is 0 Å². The van der Waals surface area contributed by atoms with Crippen LogP contribution in [0.5, 0.6) is 5.75 Å². The maximum absolute atomic E-state index is 13.0. The lowest BCUT2D eigenvalue weighted by Gasteiger charge is -2.13. The Morgan fingerprint density at radius 2 is 1.52 bits per heavy atom. The first-order valence-corrected chi connectivity index (χ1v) is 10.1. The van der Waals surface area contributed by atoms with Crippen LogP contribution < -0.4 is 15.4 Å². The number of carbonyl (C=O) groups is 2. The molecule has 2 amide bonds. The highest BCUT2D eigenvalue weighted by Gasteiger charge is 2.20. The van der Waals surface area contributed by atoms with E-state index in [0.717, 1.165) is 16.8 Å². The highest BCUT2D eigenvalue weighted by molar-refractivity contribution is 6.31. The molecule has 8 nitrogen and oxygen atoms in total. The van der Waals surface area contributed by atoms with E-state index in [9.17, 15) is 19.7 Å². The van der Waals surface area contributed by atoms with Crippen LogP contribution in [-0.4, -0.2) is 16.9 Å². The van der Waals surface area contributed by atoms with Gasteiger partial charge in [0, 0.05) is 16.8 Å². The molecule has 0 fully saturated rings. The summed E-state index contributed by atoms with van der Waals surface area (Å²) in [4.78, 5) is 36.2. The lowest BCUT2D eigenvalue weighted by Crippen LogP contribution is -2.20.